The van der Waals surface area contributed by atoms with E-state index in [4.69, 9.17) is 4.18 Å². The molecule has 2 rings (SSSR count). The second-order valence-electron chi connectivity index (χ2n) is 7.26. The van der Waals surface area contributed by atoms with E-state index in [1.54, 1.807) is 0 Å². The summed E-state index contributed by atoms with van der Waals surface area (Å²) < 4.78 is 8.09. The van der Waals surface area contributed by atoms with Gasteiger partial charge in [0, 0.05) is 29.6 Å². The first-order valence-electron chi connectivity index (χ1n) is 7.51. The zero-order valence-corrected chi connectivity index (χ0v) is 14.9. The van der Waals surface area contributed by atoms with Crippen molar-refractivity contribution in [3.63, 3.8) is 0 Å². The van der Waals surface area contributed by atoms with Gasteiger partial charge < -0.3 is 8.75 Å². The van der Waals surface area contributed by atoms with Crippen LogP contribution >= 0.6 is 10.3 Å². The van der Waals surface area contributed by atoms with Crippen molar-refractivity contribution in [2.24, 2.45) is 7.05 Å². The summed E-state index contributed by atoms with van der Waals surface area (Å²) in [6, 6.07) is 0. The SMILES string of the molecule is Cn1c(C2CC2)cnc1CC(=O)COS(C)(C)C(C)(C)C. The number of carbonyl (C=O) groups excluding carboxylic acids is 1. The summed E-state index contributed by atoms with van der Waals surface area (Å²) in [5.41, 5.74) is 1.26. The number of rotatable bonds is 6. The van der Waals surface area contributed by atoms with Crippen LogP contribution in [0.5, 0.6) is 0 Å². The Morgan fingerprint density at radius 3 is 2.57 bits per heavy atom. The van der Waals surface area contributed by atoms with E-state index < -0.39 is 10.3 Å². The average molecular weight is 312 g/mol. The van der Waals surface area contributed by atoms with Crippen molar-refractivity contribution in [1.29, 1.82) is 0 Å². The standard InChI is InChI=1S/C16H28N2O2S/c1-16(2,3)21(5,6)20-11-13(19)9-15-17-10-14(18(15)4)12-7-8-12/h10,12H,7-9,11H2,1-6H3. The molecule has 1 fully saturated rings. The maximum Gasteiger partial charge on any atom is 0.167 e. The Morgan fingerprint density at radius 2 is 2.05 bits per heavy atom. The van der Waals surface area contributed by atoms with Crippen molar-refractivity contribution in [3.8, 4) is 0 Å². The highest BCUT2D eigenvalue weighted by molar-refractivity contribution is 8.29. The molecule has 0 saturated heterocycles. The summed E-state index contributed by atoms with van der Waals surface area (Å²) in [7, 11) is 0.767. The molecule has 0 spiro atoms. The molecule has 0 N–H and O–H groups in total. The third-order valence-electron chi connectivity index (χ3n) is 4.46. The minimum atomic E-state index is -1.24. The van der Waals surface area contributed by atoms with Gasteiger partial charge in [0.1, 0.15) is 12.4 Å². The van der Waals surface area contributed by atoms with Gasteiger partial charge in [-0.25, -0.2) is 4.98 Å². The first-order chi connectivity index (χ1) is 9.62. The molecule has 1 aliphatic carbocycles. The lowest BCUT2D eigenvalue weighted by atomic mass is 10.3. The van der Waals surface area contributed by atoms with Crippen LogP contribution in [0.3, 0.4) is 0 Å². The normalized spacial score (nSPS) is 17.0. The van der Waals surface area contributed by atoms with Crippen LogP contribution in [0, 0.1) is 0 Å². The number of imidazole rings is 1. The molecule has 5 heteroatoms. The molecule has 0 bridgehead atoms. The smallest absolute Gasteiger partial charge is 0.167 e. The second kappa shape index (κ2) is 5.76. The maximum absolute atomic E-state index is 12.2. The van der Waals surface area contributed by atoms with Gasteiger partial charge in [-0.05, 0) is 25.4 Å². The summed E-state index contributed by atoms with van der Waals surface area (Å²) in [5.74, 6) is 1.62. The fraction of sp³-hybridized carbons (Fsp3) is 0.750. The number of Topliss-reactive ketones (excluding diaryl/α,β-unsaturated/α-hetero) is 1. The van der Waals surface area contributed by atoms with E-state index in [2.05, 4.69) is 42.8 Å². The van der Waals surface area contributed by atoms with Crippen molar-refractivity contribution < 1.29 is 8.98 Å². The highest BCUT2D eigenvalue weighted by Gasteiger charge is 2.30. The minimum absolute atomic E-state index is 0.0790. The molecule has 1 heterocycles. The molecule has 0 aliphatic heterocycles. The van der Waals surface area contributed by atoms with Crippen LogP contribution in [0.25, 0.3) is 0 Å². The van der Waals surface area contributed by atoms with E-state index in [0.717, 1.165) is 5.82 Å². The van der Waals surface area contributed by atoms with Crippen LogP contribution in [0.1, 0.15) is 51.0 Å². The summed E-state index contributed by atoms with van der Waals surface area (Å²) in [6.45, 7) is 6.67. The van der Waals surface area contributed by atoms with E-state index >= 15 is 0 Å². The number of hydrogen-bond acceptors (Lipinski definition) is 3. The maximum atomic E-state index is 12.2. The zero-order chi connectivity index (χ0) is 15.8. The van der Waals surface area contributed by atoms with Crippen LogP contribution in [-0.4, -0.2) is 39.2 Å². The molecule has 0 aromatic carbocycles. The molecule has 120 valence electrons. The molecule has 0 amide bonds. The molecule has 1 aromatic heterocycles. The Kier molecular flexibility index (Phi) is 4.54. The van der Waals surface area contributed by atoms with Gasteiger partial charge in [-0.1, -0.05) is 20.8 Å². The molecule has 1 aromatic rings. The highest BCUT2D eigenvalue weighted by Crippen LogP contribution is 2.53. The zero-order valence-electron chi connectivity index (χ0n) is 14.1. The van der Waals surface area contributed by atoms with Gasteiger partial charge in [-0.15, -0.1) is 10.3 Å². The summed E-state index contributed by atoms with van der Waals surface area (Å²) >= 11 is 0. The molecule has 1 saturated carbocycles. The Bertz CT molecular complexity index is 525. The van der Waals surface area contributed by atoms with E-state index in [9.17, 15) is 4.79 Å². The summed E-state index contributed by atoms with van der Waals surface area (Å²) in [6.07, 6.45) is 9.02. The molecule has 0 unspecified atom stereocenters. The molecule has 4 nitrogen and oxygen atoms in total. The molecule has 1 aliphatic rings. The van der Waals surface area contributed by atoms with Gasteiger partial charge in [-0.2, -0.15) is 0 Å². The van der Waals surface area contributed by atoms with Crippen molar-refractivity contribution in [3.05, 3.63) is 17.7 Å². The fourth-order valence-electron chi connectivity index (χ4n) is 2.00. The first-order valence-corrected chi connectivity index (χ1v) is 9.89. The summed E-state index contributed by atoms with van der Waals surface area (Å²) in [5, 5.41) is 0. The average Bonchev–Trinajstić information content (AvgIpc) is 3.13. The topological polar surface area (TPSA) is 44.1 Å². The van der Waals surface area contributed by atoms with Crippen LogP contribution in [0.4, 0.5) is 0 Å². The van der Waals surface area contributed by atoms with E-state index in [1.165, 1.54) is 18.5 Å². The predicted molar refractivity (Wildman–Crippen MR) is 89.0 cm³/mol. The molecular weight excluding hydrogens is 284 g/mol. The third-order valence-corrected chi connectivity index (χ3v) is 8.12. The van der Waals surface area contributed by atoms with Gasteiger partial charge in [0.2, 0.25) is 0 Å². The van der Waals surface area contributed by atoms with Crippen LogP contribution < -0.4 is 0 Å². The van der Waals surface area contributed by atoms with E-state index in [1.807, 2.05) is 13.2 Å². The lowest BCUT2D eigenvalue weighted by Crippen LogP contribution is -2.27. The largest absolute Gasteiger partial charge is 0.334 e. The summed E-state index contributed by atoms with van der Waals surface area (Å²) in [4.78, 5) is 16.6. The number of ketones is 1. The molecule has 0 atom stereocenters. The number of hydrogen-bond donors (Lipinski definition) is 0. The van der Waals surface area contributed by atoms with Gasteiger partial charge in [0.05, 0.1) is 6.42 Å². The van der Waals surface area contributed by atoms with Gasteiger partial charge in [0.25, 0.3) is 0 Å². The first kappa shape index (κ1) is 16.6. The predicted octanol–water partition coefficient (Wildman–Crippen LogP) is 3.20. The number of carbonyl (C=O) groups is 1. The van der Waals surface area contributed by atoms with Gasteiger partial charge in [-0.3, -0.25) is 4.79 Å². The lowest BCUT2D eigenvalue weighted by Gasteiger charge is -2.43. The van der Waals surface area contributed by atoms with E-state index in [0.29, 0.717) is 12.3 Å². The van der Waals surface area contributed by atoms with Gasteiger partial charge in [0.15, 0.2) is 5.78 Å². The number of aromatic nitrogens is 2. The van der Waals surface area contributed by atoms with Gasteiger partial charge >= 0.3 is 0 Å². The Morgan fingerprint density at radius 1 is 1.43 bits per heavy atom. The molecular formula is C16H28N2O2S. The monoisotopic (exact) mass is 312 g/mol. The van der Waals surface area contributed by atoms with Crippen molar-refractivity contribution in [1.82, 2.24) is 9.55 Å². The van der Waals surface area contributed by atoms with E-state index in [-0.39, 0.29) is 17.1 Å². The molecule has 21 heavy (non-hydrogen) atoms. The van der Waals surface area contributed by atoms with Crippen molar-refractivity contribution in [2.75, 3.05) is 19.1 Å². The lowest BCUT2D eigenvalue weighted by molar-refractivity contribution is -0.120. The highest BCUT2D eigenvalue weighted by atomic mass is 32.3. The quantitative estimate of drug-likeness (QED) is 0.810. The van der Waals surface area contributed by atoms with Crippen molar-refractivity contribution >= 4 is 16.1 Å². The minimum Gasteiger partial charge on any atom is -0.334 e. The fourth-order valence-corrected chi connectivity index (χ4v) is 2.78. The van der Waals surface area contributed by atoms with Crippen LogP contribution in [0.2, 0.25) is 0 Å². The Balaban J connectivity index is 1.90. The second-order valence-corrected chi connectivity index (χ2v) is 11.2. The number of nitrogens with zero attached hydrogens (tertiary/aromatic N) is 2. The van der Waals surface area contributed by atoms with Crippen LogP contribution in [0.15, 0.2) is 6.20 Å². The van der Waals surface area contributed by atoms with Crippen molar-refractivity contribution in [2.45, 2.75) is 50.7 Å². The Hall–Kier alpha value is -0.810. The van der Waals surface area contributed by atoms with Crippen LogP contribution in [-0.2, 0) is 22.4 Å². The Labute approximate surface area is 129 Å². The third kappa shape index (κ3) is 3.89. The molecule has 0 radical (unpaired) electrons.